The Bertz CT molecular complexity index is 1580. The van der Waals surface area contributed by atoms with Crippen LogP contribution in [0.1, 0.15) is 20.3 Å². The van der Waals surface area contributed by atoms with Crippen LogP contribution in [0.4, 0.5) is 5.69 Å². The molecule has 0 saturated carbocycles. The van der Waals surface area contributed by atoms with E-state index < -0.39 is 12.0 Å². The van der Waals surface area contributed by atoms with Crippen molar-refractivity contribution in [3.05, 3.63) is 67.4 Å². The molecule has 4 aromatic rings. The quantitative estimate of drug-likeness (QED) is 0.190. The molecule has 1 unspecified atom stereocenters. The Morgan fingerprint density at radius 2 is 1.88 bits per heavy atom. The van der Waals surface area contributed by atoms with Gasteiger partial charge >= 0.3 is 5.97 Å². The molecule has 42 heavy (non-hydrogen) atoms. The number of rotatable bonds is 12. The highest BCUT2D eigenvalue weighted by Gasteiger charge is 2.19. The number of anilines is 1. The van der Waals surface area contributed by atoms with Gasteiger partial charge in [0.25, 0.3) is 0 Å². The molecule has 0 radical (unpaired) electrons. The maximum Gasteiger partial charge on any atom is 0.324 e. The van der Waals surface area contributed by atoms with Gasteiger partial charge in [-0.3, -0.25) is 19.1 Å². The molecule has 0 aliphatic rings. The normalized spacial score (nSPS) is 12.3. The average molecular weight is 572 g/mol. The lowest BCUT2D eigenvalue weighted by Crippen LogP contribution is -2.33. The summed E-state index contributed by atoms with van der Waals surface area (Å²) in [4.78, 5) is 40.1. The van der Waals surface area contributed by atoms with Crippen LogP contribution < -0.4 is 15.8 Å². The number of carbonyl (C=O) groups excluding carboxylic acids is 2. The first-order chi connectivity index (χ1) is 20.1. The second kappa shape index (κ2) is 13.8. The molecular weight excluding hydrogens is 534 g/mol. The largest absolute Gasteiger partial charge is 0.481 e. The van der Waals surface area contributed by atoms with Crippen LogP contribution in [-0.2, 0) is 21.1 Å². The lowest BCUT2D eigenvalue weighted by Gasteiger charge is -2.14. The van der Waals surface area contributed by atoms with Gasteiger partial charge < -0.3 is 25.4 Å². The van der Waals surface area contributed by atoms with Crippen LogP contribution in [0.15, 0.2) is 67.4 Å². The van der Waals surface area contributed by atoms with E-state index in [-0.39, 0.29) is 18.6 Å². The predicted octanol–water partition coefficient (Wildman–Crippen LogP) is 4.10. The summed E-state index contributed by atoms with van der Waals surface area (Å²) < 4.78 is 12.7. The van der Waals surface area contributed by atoms with Crippen LogP contribution in [-0.4, -0.2) is 70.1 Å². The van der Waals surface area contributed by atoms with Gasteiger partial charge in [-0.1, -0.05) is 19.9 Å². The first-order valence-corrected chi connectivity index (χ1v) is 13.6. The number of nitrogens with one attached hydrogen (secondary N) is 1. The highest BCUT2D eigenvalue weighted by atomic mass is 16.5. The Balaban J connectivity index is 1.67. The van der Waals surface area contributed by atoms with Crippen molar-refractivity contribution >= 4 is 28.6 Å². The summed E-state index contributed by atoms with van der Waals surface area (Å²) >= 11 is 0. The number of aromatic nitrogens is 4. The number of methoxy groups -OCH3 is 1. The van der Waals surface area contributed by atoms with Gasteiger partial charge in [0.1, 0.15) is 11.7 Å². The van der Waals surface area contributed by atoms with Crippen LogP contribution in [0.3, 0.4) is 0 Å². The Kier molecular flexibility index (Phi) is 10.00. The summed E-state index contributed by atoms with van der Waals surface area (Å²) in [6, 6.07) is 6.85. The van der Waals surface area contributed by atoms with Crippen molar-refractivity contribution < 1.29 is 19.1 Å². The number of likely N-dealkylation sites (N-methyl/N-ethyl adjacent to an activating group) is 1. The third-order valence-electron chi connectivity index (χ3n) is 6.42. The summed E-state index contributed by atoms with van der Waals surface area (Å²) in [6.07, 6.45) is 12.4. The van der Waals surface area contributed by atoms with Crippen molar-refractivity contribution in [2.75, 3.05) is 33.1 Å². The lowest BCUT2D eigenvalue weighted by atomic mass is 10.0. The zero-order valence-electron chi connectivity index (χ0n) is 24.6. The summed E-state index contributed by atoms with van der Waals surface area (Å²) in [5, 5.41) is 3.68. The summed E-state index contributed by atoms with van der Waals surface area (Å²) in [6.45, 7) is 4.63. The highest BCUT2D eigenvalue weighted by Crippen LogP contribution is 2.34. The number of pyridine rings is 3. The van der Waals surface area contributed by atoms with E-state index in [2.05, 4.69) is 15.3 Å². The molecule has 0 bridgehead atoms. The van der Waals surface area contributed by atoms with Crippen LogP contribution in [0.5, 0.6) is 5.88 Å². The van der Waals surface area contributed by atoms with Gasteiger partial charge in [-0.25, -0.2) is 9.97 Å². The maximum absolute atomic E-state index is 12.5. The molecule has 11 nitrogen and oxygen atoms in total. The molecule has 0 aliphatic heterocycles. The zero-order valence-corrected chi connectivity index (χ0v) is 24.6. The van der Waals surface area contributed by atoms with Gasteiger partial charge in [0, 0.05) is 65.6 Å². The Labute approximate surface area is 245 Å². The van der Waals surface area contributed by atoms with Gasteiger partial charge in [0.15, 0.2) is 6.73 Å². The molecule has 0 aromatic carbocycles. The summed E-state index contributed by atoms with van der Waals surface area (Å²) in [5.74, 6) is 0.0406. The van der Waals surface area contributed by atoms with Crippen LogP contribution >= 0.6 is 0 Å². The van der Waals surface area contributed by atoms with Gasteiger partial charge in [-0.15, -0.1) is 0 Å². The monoisotopic (exact) mass is 571 g/mol. The van der Waals surface area contributed by atoms with Crippen molar-refractivity contribution in [1.82, 2.24) is 24.4 Å². The maximum atomic E-state index is 12.5. The molecular formula is C31H37N7O4. The van der Waals surface area contributed by atoms with Gasteiger partial charge in [0.05, 0.1) is 19.0 Å². The first-order valence-electron chi connectivity index (χ1n) is 13.6. The number of carbonyl (C=O) groups is 2. The van der Waals surface area contributed by atoms with E-state index in [9.17, 15) is 9.59 Å². The number of hydrogen-bond donors (Lipinski definition) is 2. The molecule has 4 heterocycles. The van der Waals surface area contributed by atoms with E-state index in [0.717, 1.165) is 27.6 Å². The topological polar surface area (TPSA) is 137 Å². The van der Waals surface area contributed by atoms with Gasteiger partial charge in [-0.05, 0) is 50.2 Å². The number of hydrogen-bond acceptors (Lipinski definition) is 9. The smallest absolute Gasteiger partial charge is 0.324 e. The minimum absolute atomic E-state index is 0.0416. The van der Waals surface area contributed by atoms with E-state index in [1.807, 2.05) is 63.3 Å². The second-order valence-electron chi connectivity index (χ2n) is 10.6. The highest BCUT2D eigenvalue weighted by molar-refractivity contribution is 6.00. The van der Waals surface area contributed by atoms with Crippen molar-refractivity contribution in [3.8, 4) is 28.1 Å². The van der Waals surface area contributed by atoms with Crippen molar-refractivity contribution in [2.24, 2.45) is 11.7 Å². The minimum atomic E-state index is -0.695. The molecule has 1 amide bonds. The number of ether oxygens (including phenoxy) is 2. The molecule has 0 spiro atoms. The molecule has 1 atom stereocenters. The number of nitrogens with two attached hydrogens (primary N) is 1. The number of fused-ring (bicyclic) bond motifs is 1. The second-order valence-corrected chi connectivity index (χ2v) is 10.6. The Morgan fingerprint density at radius 1 is 1.10 bits per heavy atom. The van der Waals surface area contributed by atoms with Crippen LogP contribution in [0, 0.1) is 5.92 Å². The Hall–Kier alpha value is -4.61. The SMILES string of the molecule is COc1cc(-c2cn(COC(=O)C(N)CC(C)C)c3ncc(-c4cncc(NC(=O)C=CCN(C)C)c4)cc23)ccn1. The first kappa shape index (κ1) is 30.4. The van der Waals surface area contributed by atoms with E-state index in [0.29, 0.717) is 30.2 Å². The van der Waals surface area contributed by atoms with E-state index >= 15 is 0 Å². The summed E-state index contributed by atoms with van der Waals surface area (Å²) in [7, 11) is 5.42. The van der Waals surface area contributed by atoms with Crippen molar-refractivity contribution in [1.29, 1.82) is 0 Å². The number of amides is 1. The van der Waals surface area contributed by atoms with Gasteiger partial charge in [-0.2, -0.15) is 0 Å². The number of nitrogens with zero attached hydrogens (tertiary/aromatic N) is 5. The van der Waals surface area contributed by atoms with E-state index in [1.165, 1.54) is 6.08 Å². The van der Waals surface area contributed by atoms with Gasteiger partial charge in [0.2, 0.25) is 11.8 Å². The molecule has 220 valence electrons. The molecule has 0 saturated heterocycles. The third-order valence-corrected chi connectivity index (χ3v) is 6.42. The molecule has 11 heteroatoms. The summed E-state index contributed by atoms with van der Waals surface area (Å²) in [5.41, 5.74) is 10.5. The molecule has 0 aliphatic carbocycles. The Morgan fingerprint density at radius 3 is 2.62 bits per heavy atom. The number of esters is 1. The molecule has 3 N–H and O–H groups in total. The van der Waals surface area contributed by atoms with Crippen molar-refractivity contribution in [2.45, 2.75) is 33.0 Å². The zero-order chi connectivity index (χ0) is 30.2. The van der Waals surface area contributed by atoms with Crippen LogP contribution in [0.25, 0.3) is 33.3 Å². The third kappa shape index (κ3) is 7.77. The molecule has 0 fully saturated rings. The minimum Gasteiger partial charge on any atom is -0.481 e. The average Bonchev–Trinajstić information content (AvgIpc) is 3.33. The van der Waals surface area contributed by atoms with Crippen molar-refractivity contribution in [3.63, 3.8) is 0 Å². The van der Waals surface area contributed by atoms with Crippen LogP contribution in [0.2, 0.25) is 0 Å². The predicted molar refractivity (Wildman–Crippen MR) is 163 cm³/mol. The molecule has 4 rings (SSSR count). The fourth-order valence-electron chi connectivity index (χ4n) is 4.41. The fraction of sp³-hybridized carbons (Fsp3) is 0.323. The standard InChI is InChI=1S/C31H37N7O4/c1-20(2)11-27(32)31(40)42-19-38-18-26(21-8-9-34-29(14-21)41-5)25-13-23(16-35-30(25)38)22-12-24(17-33-15-22)36-28(39)7-6-10-37(3)4/h6-9,12-18,20,27H,10-11,19,32H2,1-5H3,(H,36,39). The molecule has 4 aromatic heterocycles. The lowest BCUT2D eigenvalue weighted by molar-refractivity contribution is -0.149. The van der Waals surface area contributed by atoms with E-state index in [4.69, 9.17) is 20.2 Å². The fourth-order valence-corrected chi connectivity index (χ4v) is 4.41. The van der Waals surface area contributed by atoms with E-state index in [1.54, 1.807) is 42.5 Å².